The molecule has 2 aromatic carbocycles. The van der Waals surface area contributed by atoms with E-state index in [1.165, 1.54) is 6.07 Å². The van der Waals surface area contributed by atoms with Crippen LogP contribution in [0.15, 0.2) is 42.5 Å². The van der Waals surface area contributed by atoms with Crippen molar-refractivity contribution < 1.29 is 14.3 Å². The average Bonchev–Trinajstić information content (AvgIpc) is 2.54. The molecule has 5 nitrogen and oxygen atoms in total. The number of rotatable bonds is 6. The summed E-state index contributed by atoms with van der Waals surface area (Å²) in [6.07, 6.45) is 0. The van der Waals surface area contributed by atoms with Crippen LogP contribution in [0.25, 0.3) is 0 Å². The molecular weight excluding hydrogens is 351 g/mol. The van der Waals surface area contributed by atoms with Crippen LogP contribution in [0, 0.1) is 0 Å². The monoisotopic (exact) mass is 366 g/mol. The van der Waals surface area contributed by atoms with Crippen molar-refractivity contribution in [2.75, 3.05) is 18.5 Å². The highest BCUT2D eigenvalue weighted by atomic mass is 35.5. The molecule has 24 heavy (non-hydrogen) atoms. The van der Waals surface area contributed by atoms with Gasteiger partial charge in [-0.15, -0.1) is 0 Å². The molecule has 2 amide bonds. The van der Waals surface area contributed by atoms with E-state index in [0.29, 0.717) is 33.6 Å². The highest BCUT2D eigenvalue weighted by Crippen LogP contribution is 2.27. The maximum Gasteiger partial charge on any atom is 0.262 e. The van der Waals surface area contributed by atoms with Gasteiger partial charge in [0.15, 0.2) is 6.61 Å². The van der Waals surface area contributed by atoms with Crippen molar-refractivity contribution >= 4 is 40.7 Å². The Bertz CT molecular complexity index is 750. The van der Waals surface area contributed by atoms with Crippen molar-refractivity contribution in [1.82, 2.24) is 5.32 Å². The number of carbonyl (C=O) groups is 2. The van der Waals surface area contributed by atoms with Gasteiger partial charge in [-0.25, -0.2) is 0 Å². The van der Waals surface area contributed by atoms with Gasteiger partial charge in [0.05, 0.1) is 5.02 Å². The zero-order chi connectivity index (χ0) is 17.5. The lowest BCUT2D eigenvalue weighted by molar-refractivity contribution is -0.118. The van der Waals surface area contributed by atoms with Gasteiger partial charge in [-0.3, -0.25) is 9.59 Å². The molecule has 0 atom stereocenters. The zero-order valence-corrected chi connectivity index (χ0v) is 14.4. The predicted octanol–water partition coefficient (Wildman–Crippen LogP) is 3.76. The van der Waals surface area contributed by atoms with Gasteiger partial charge in [-0.2, -0.15) is 0 Å². The van der Waals surface area contributed by atoms with Crippen LogP contribution in [0.3, 0.4) is 0 Å². The minimum absolute atomic E-state index is 0.196. The number of hydrogen-bond donors (Lipinski definition) is 2. The van der Waals surface area contributed by atoms with Gasteiger partial charge >= 0.3 is 0 Å². The molecule has 0 aliphatic rings. The number of ether oxygens (including phenoxy) is 1. The van der Waals surface area contributed by atoms with E-state index < -0.39 is 0 Å². The van der Waals surface area contributed by atoms with Gasteiger partial charge in [-0.05, 0) is 43.3 Å². The van der Waals surface area contributed by atoms with Crippen LogP contribution in [0.2, 0.25) is 10.0 Å². The predicted molar refractivity (Wildman–Crippen MR) is 95.0 cm³/mol. The van der Waals surface area contributed by atoms with Crippen LogP contribution in [0.5, 0.6) is 5.75 Å². The van der Waals surface area contributed by atoms with Gasteiger partial charge in [-0.1, -0.05) is 29.3 Å². The minimum Gasteiger partial charge on any atom is -0.482 e. The molecule has 0 aliphatic heterocycles. The second kappa shape index (κ2) is 8.57. The fraction of sp³-hybridized carbons (Fsp3) is 0.176. The number of benzene rings is 2. The molecule has 0 aromatic heterocycles. The summed E-state index contributed by atoms with van der Waals surface area (Å²) in [6.45, 7) is 2.15. The molecule has 0 saturated carbocycles. The molecule has 0 unspecified atom stereocenters. The van der Waals surface area contributed by atoms with E-state index >= 15 is 0 Å². The summed E-state index contributed by atoms with van der Waals surface area (Å²) < 4.78 is 5.36. The second-order valence-electron chi connectivity index (χ2n) is 4.85. The largest absolute Gasteiger partial charge is 0.482 e. The Hall–Kier alpha value is -2.24. The number of amides is 2. The van der Waals surface area contributed by atoms with Crippen molar-refractivity contribution in [1.29, 1.82) is 0 Å². The maximum atomic E-state index is 12.0. The molecule has 2 aromatic rings. The highest BCUT2D eigenvalue weighted by molar-refractivity contribution is 6.35. The standard InChI is InChI=1S/C17H16Cl2N2O3/c1-2-20-17(23)11-4-3-5-13(8-11)21-16(22)10-24-15-7-6-12(18)9-14(15)19/h3-9H,2,10H2,1H3,(H,20,23)(H,21,22). The summed E-state index contributed by atoms with van der Waals surface area (Å²) >= 11 is 11.8. The number of hydrogen-bond acceptors (Lipinski definition) is 3. The third kappa shape index (κ3) is 5.15. The number of halogens is 2. The SMILES string of the molecule is CCNC(=O)c1cccc(NC(=O)COc2ccc(Cl)cc2Cl)c1. The van der Waals surface area contributed by atoms with Gasteiger partial charge in [0, 0.05) is 22.8 Å². The van der Waals surface area contributed by atoms with Gasteiger partial charge < -0.3 is 15.4 Å². The van der Waals surface area contributed by atoms with E-state index in [4.69, 9.17) is 27.9 Å². The lowest BCUT2D eigenvalue weighted by atomic mass is 10.2. The highest BCUT2D eigenvalue weighted by Gasteiger charge is 2.09. The van der Waals surface area contributed by atoms with E-state index in [0.717, 1.165) is 0 Å². The van der Waals surface area contributed by atoms with E-state index in [-0.39, 0.29) is 18.4 Å². The van der Waals surface area contributed by atoms with Crippen LogP contribution in [0.1, 0.15) is 17.3 Å². The molecule has 0 aliphatic carbocycles. The molecule has 0 radical (unpaired) electrons. The van der Waals surface area contributed by atoms with Crippen LogP contribution >= 0.6 is 23.2 Å². The van der Waals surface area contributed by atoms with E-state index in [1.807, 2.05) is 6.92 Å². The summed E-state index contributed by atoms with van der Waals surface area (Å²) in [7, 11) is 0. The van der Waals surface area contributed by atoms with E-state index in [9.17, 15) is 9.59 Å². The van der Waals surface area contributed by atoms with Gasteiger partial charge in [0.1, 0.15) is 5.75 Å². The van der Waals surface area contributed by atoms with Gasteiger partial charge in [0.25, 0.3) is 11.8 Å². The molecule has 126 valence electrons. The third-order valence-corrected chi connectivity index (χ3v) is 3.53. The first kappa shape index (κ1) is 18.1. The summed E-state index contributed by atoms with van der Waals surface area (Å²) in [6, 6.07) is 11.4. The lowest BCUT2D eigenvalue weighted by Crippen LogP contribution is -2.23. The topological polar surface area (TPSA) is 67.4 Å². The first-order chi connectivity index (χ1) is 11.5. The van der Waals surface area contributed by atoms with Crippen LogP contribution in [-0.2, 0) is 4.79 Å². The molecule has 7 heteroatoms. The molecule has 2 rings (SSSR count). The lowest BCUT2D eigenvalue weighted by Gasteiger charge is -2.10. The second-order valence-corrected chi connectivity index (χ2v) is 5.70. The van der Waals surface area contributed by atoms with Crippen LogP contribution < -0.4 is 15.4 Å². The van der Waals surface area contributed by atoms with Crippen LogP contribution in [0.4, 0.5) is 5.69 Å². The van der Waals surface area contributed by atoms with Gasteiger partial charge in [0.2, 0.25) is 0 Å². The molecule has 0 heterocycles. The van der Waals surface area contributed by atoms with E-state index in [1.54, 1.807) is 36.4 Å². The Morgan fingerprint density at radius 2 is 1.92 bits per heavy atom. The normalized spacial score (nSPS) is 10.1. The molecule has 0 fully saturated rings. The summed E-state index contributed by atoms with van der Waals surface area (Å²) in [5.74, 6) is -0.195. The smallest absolute Gasteiger partial charge is 0.262 e. The number of carbonyl (C=O) groups excluding carboxylic acids is 2. The Morgan fingerprint density at radius 3 is 2.62 bits per heavy atom. The third-order valence-electron chi connectivity index (χ3n) is 3.00. The van der Waals surface area contributed by atoms with Crippen molar-refractivity contribution in [3.8, 4) is 5.75 Å². The van der Waals surface area contributed by atoms with Crippen LogP contribution in [-0.4, -0.2) is 25.0 Å². The fourth-order valence-corrected chi connectivity index (χ4v) is 2.40. The molecule has 2 N–H and O–H groups in total. The fourth-order valence-electron chi connectivity index (χ4n) is 1.93. The summed E-state index contributed by atoms with van der Waals surface area (Å²) in [5.41, 5.74) is 0.978. The maximum absolute atomic E-state index is 12.0. The first-order valence-corrected chi connectivity index (χ1v) is 8.01. The quantitative estimate of drug-likeness (QED) is 0.817. The molecule has 0 saturated heterocycles. The zero-order valence-electron chi connectivity index (χ0n) is 12.9. The van der Waals surface area contributed by atoms with Crippen molar-refractivity contribution in [3.63, 3.8) is 0 Å². The Balaban J connectivity index is 1.95. The molecule has 0 bridgehead atoms. The average molecular weight is 367 g/mol. The Morgan fingerprint density at radius 1 is 1.12 bits per heavy atom. The molecular formula is C17H16Cl2N2O3. The first-order valence-electron chi connectivity index (χ1n) is 7.25. The van der Waals surface area contributed by atoms with Crippen molar-refractivity contribution in [2.24, 2.45) is 0 Å². The minimum atomic E-state index is -0.367. The molecule has 0 spiro atoms. The summed E-state index contributed by atoms with van der Waals surface area (Å²) in [4.78, 5) is 23.7. The van der Waals surface area contributed by atoms with Crippen molar-refractivity contribution in [2.45, 2.75) is 6.92 Å². The summed E-state index contributed by atoms with van der Waals surface area (Å²) in [5, 5.41) is 6.18. The van der Waals surface area contributed by atoms with Crippen molar-refractivity contribution in [3.05, 3.63) is 58.1 Å². The number of nitrogens with one attached hydrogen (secondary N) is 2. The Labute approximate surface area is 149 Å². The Kier molecular flexibility index (Phi) is 6.46. The number of anilines is 1. The van der Waals surface area contributed by atoms with E-state index in [2.05, 4.69) is 10.6 Å².